The first-order valence-electron chi connectivity index (χ1n) is 6.54. The molecular formula is C14H18BrNO2. The average Bonchev–Trinajstić information content (AvgIpc) is 2.39. The molecule has 1 aliphatic rings. The first-order valence-corrected chi connectivity index (χ1v) is 7.33. The zero-order valence-corrected chi connectivity index (χ0v) is 12.1. The van der Waals surface area contributed by atoms with Gasteiger partial charge < -0.3 is 4.74 Å². The van der Waals surface area contributed by atoms with E-state index in [1.807, 2.05) is 0 Å². The van der Waals surface area contributed by atoms with Crippen molar-refractivity contribution in [1.82, 2.24) is 4.98 Å². The Labute approximate surface area is 116 Å². The van der Waals surface area contributed by atoms with Gasteiger partial charge in [0.25, 0.3) is 0 Å². The Bertz CT molecular complexity index is 422. The molecule has 1 saturated carbocycles. The maximum absolute atomic E-state index is 12.0. The highest BCUT2D eigenvalue weighted by Crippen LogP contribution is 2.29. The lowest BCUT2D eigenvalue weighted by molar-refractivity contribution is 0.0000979. The molecule has 3 nitrogen and oxygen atoms in total. The van der Waals surface area contributed by atoms with Crippen molar-refractivity contribution >= 4 is 21.9 Å². The lowest BCUT2D eigenvalue weighted by Crippen LogP contribution is -2.30. The summed E-state index contributed by atoms with van der Waals surface area (Å²) in [5.74, 6) is 0.205. The minimum atomic E-state index is -0.304. The van der Waals surface area contributed by atoms with E-state index < -0.39 is 0 Å². The number of hydrogen-bond donors (Lipinski definition) is 0. The number of carbonyl (C=O) groups is 1. The van der Waals surface area contributed by atoms with E-state index in [1.165, 1.54) is 12.8 Å². The normalized spacial score (nSPS) is 23.7. The first-order chi connectivity index (χ1) is 8.70. The molecule has 0 radical (unpaired) electrons. The summed E-state index contributed by atoms with van der Waals surface area (Å²) >= 11 is 3.26. The van der Waals surface area contributed by atoms with Crippen molar-refractivity contribution in [2.24, 2.45) is 5.92 Å². The van der Waals surface area contributed by atoms with Crippen LogP contribution in [0.4, 0.5) is 0 Å². The van der Waals surface area contributed by atoms with Crippen LogP contribution in [0.2, 0.25) is 0 Å². The summed E-state index contributed by atoms with van der Waals surface area (Å²) in [5.41, 5.74) is 0.379. The van der Waals surface area contributed by atoms with Crippen molar-refractivity contribution in [3.63, 3.8) is 0 Å². The van der Waals surface area contributed by atoms with E-state index in [9.17, 15) is 4.79 Å². The second-order valence-corrected chi connectivity index (χ2v) is 5.55. The Balaban J connectivity index is 2.02. The maximum atomic E-state index is 12.0. The predicted molar refractivity (Wildman–Crippen MR) is 73.4 cm³/mol. The van der Waals surface area contributed by atoms with Crippen LogP contribution in [-0.4, -0.2) is 17.1 Å². The van der Waals surface area contributed by atoms with Gasteiger partial charge in [-0.25, -0.2) is 9.78 Å². The first kappa shape index (κ1) is 13.5. The predicted octanol–water partition coefficient (Wildman–Crippen LogP) is 3.97. The highest BCUT2D eigenvalue weighted by atomic mass is 79.9. The van der Waals surface area contributed by atoms with Crippen molar-refractivity contribution in [3.05, 3.63) is 28.5 Å². The fourth-order valence-electron chi connectivity index (χ4n) is 2.52. The van der Waals surface area contributed by atoms with E-state index in [1.54, 1.807) is 18.2 Å². The molecule has 0 N–H and O–H groups in total. The summed E-state index contributed by atoms with van der Waals surface area (Å²) in [5, 5.41) is 0. The van der Waals surface area contributed by atoms with Crippen LogP contribution < -0.4 is 0 Å². The van der Waals surface area contributed by atoms with Crippen molar-refractivity contribution < 1.29 is 9.53 Å². The van der Waals surface area contributed by atoms with Crippen molar-refractivity contribution in [1.29, 1.82) is 0 Å². The van der Waals surface area contributed by atoms with Crippen LogP contribution in [0.15, 0.2) is 22.8 Å². The van der Waals surface area contributed by atoms with Gasteiger partial charge >= 0.3 is 5.97 Å². The third-order valence-corrected chi connectivity index (χ3v) is 3.99. The molecule has 2 rings (SSSR count). The molecule has 1 heterocycles. The summed E-state index contributed by atoms with van der Waals surface area (Å²) in [6, 6.07) is 5.29. The molecule has 1 aliphatic carbocycles. The minimum absolute atomic E-state index is 0.0667. The topological polar surface area (TPSA) is 39.2 Å². The van der Waals surface area contributed by atoms with Gasteiger partial charge in [0, 0.05) is 0 Å². The Morgan fingerprint density at radius 2 is 2.22 bits per heavy atom. The van der Waals surface area contributed by atoms with Gasteiger partial charge in [-0.15, -0.1) is 0 Å². The third-order valence-electron chi connectivity index (χ3n) is 3.55. The highest BCUT2D eigenvalue weighted by Gasteiger charge is 2.27. The Hall–Kier alpha value is -0.900. The Morgan fingerprint density at radius 1 is 1.44 bits per heavy atom. The van der Waals surface area contributed by atoms with Gasteiger partial charge in [0.2, 0.25) is 0 Å². The van der Waals surface area contributed by atoms with Gasteiger partial charge in [0.1, 0.15) is 16.4 Å². The third kappa shape index (κ3) is 3.31. The molecule has 0 spiro atoms. The van der Waals surface area contributed by atoms with E-state index in [-0.39, 0.29) is 12.1 Å². The lowest BCUT2D eigenvalue weighted by atomic mass is 9.85. The van der Waals surface area contributed by atoms with Crippen molar-refractivity contribution in [2.45, 2.75) is 45.1 Å². The molecule has 18 heavy (non-hydrogen) atoms. The van der Waals surface area contributed by atoms with E-state index in [0.717, 1.165) is 19.3 Å². The molecule has 98 valence electrons. The van der Waals surface area contributed by atoms with E-state index in [0.29, 0.717) is 16.2 Å². The average molecular weight is 312 g/mol. The molecule has 0 amide bonds. The summed E-state index contributed by atoms with van der Waals surface area (Å²) in [7, 11) is 0. The Kier molecular flexibility index (Phi) is 4.75. The van der Waals surface area contributed by atoms with Gasteiger partial charge in [-0.2, -0.15) is 0 Å². The van der Waals surface area contributed by atoms with Crippen LogP contribution in [0, 0.1) is 5.92 Å². The molecule has 2 unspecified atom stereocenters. The molecule has 0 aliphatic heterocycles. The van der Waals surface area contributed by atoms with Crippen molar-refractivity contribution in [3.8, 4) is 0 Å². The van der Waals surface area contributed by atoms with Crippen LogP contribution in [-0.2, 0) is 4.74 Å². The van der Waals surface area contributed by atoms with Gasteiger partial charge in [-0.05, 0) is 59.7 Å². The number of hydrogen-bond acceptors (Lipinski definition) is 3. The zero-order valence-electron chi connectivity index (χ0n) is 10.6. The van der Waals surface area contributed by atoms with E-state index >= 15 is 0 Å². The van der Waals surface area contributed by atoms with Crippen LogP contribution in [0.25, 0.3) is 0 Å². The molecule has 1 aromatic heterocycles. The quantitative estimate of drug-likeness (QED) is 0.626. The molecule has 0 bridgehead atoms. The molecular weight excluding hydrogens is 294 g/mol. The lowest BCUT2D eigenvalue weighted by Gasteiger charge is -2.30. The number of carbonyl (C=O) groups excluding carboxylic acids is 1. The second kappa shape index (κ2) is 6.32. The number of ether oxygens (including phenoxy) is 1. The largest absolute Gasteiger partial charge is 0.457 e. The summed E-state index contributed by atoms with van der Waals surface area (Å²) in [6.07, 6.45) is 5.70. The number of rotatable bonds is 3. The van der Waals surface area contributed by atoms with E-state index in [4.69, 9.17) is 4.74 Å². The summed E-state index contributed by atoms with van der Waals surface area (Å²) in [6.45, 7) is 2.16. The minimum Gasteiger partial charge on any atom is -0.457 e. The number of pyridine rings is 1. The van der Waals surface area contributed by atoms with Crippen LogP contribution in [0.1, 0.15) is 49.5 Å². The molecule has 1 aromatic rings. The Morgan fingerprint density at radius 3 is 2.94 bits per heavy atom. The van der Waals surface area contributed by atoms with Crippen LogP contribution >= 0.6 is 15.9 Å². The monoisotopic (exact) mass is 311 g/mol. The number of aromatic nitrogens is 1. The second-order valence-electron chi connectivity index (χ2n) is 4.74. The number of halogens is 1. The number of nitrogens with zero attached hydrogens (tertiary/aromatic N) is 1. The molecule has 2 atom stereocenters. The molecule has 1 fully saturated rings. The summed E-state index contributed by atoms with van der Waals surface area (Å²) in [4.78, 5) is 16.2. The number of esters is 1. The SMILES string of the molecule is CCC1CCCCC1OC(=O)c1cccc(Br)n1. The van der Waals surface area contributed by atoms with Crippen molar-refractivity contribution in [2.75, 3.05) is 0 Å². The van der Waals surface area contributed by atoms with Gasteiger partial charge in [-0.1, -0.05) is 19.4 Å². The smallest absolute Gasteiger partial charge is 0.357 e. The highest BCUT2D eigenvalue weighted by molar-refractivity contribution is 9.10. The zero-order chi connectivity index (χ0) is 13.0. The molecule has 0 saturated heterocycles. The van der Waals surface area contributed by atoms with Gasteiger partial charge in [0.15, 0.2) is 0 Å². The van der Waals surface area contributed by atoms with Crippen LogP contribution in [0.5, 0.6) is 0 Å². The van der Waals surface area contributed by atoms with Crippen LogP contribution in [0.3, 0.4) is 0 Å². The maximum Gasteiger partial charge on any atom is 0.357 e. The molecule has 4 heteroatoms. The summed E-state index contributed by atoms with van der Waals surface area (Å²) < 4.78 is 6.27. The fourth-order valence-corrected chi connectivity index (χ4v) is 2.86. The van der Waals surface area contributed by atoms with E-state index in [2.05, 4.69) is 27.8 Å². The van der Waals surface area contributed by atoms with Gasteiger partial charge in [-0.3, -0.25) is 0 Å². The standard InChI is InChI=1S/C14H18BrNO2/c1-2-10-6-3-4-8-12(10)18-14(17)11-7-5-9-13(15)16-11/h5,7,9-10,12H,2-4,6,8H2,1H3. The fraction of sp³-hybridized carbons (Fsp3) is 0.571. The van der Waals surface area contributed by atoms with Gasteiger partial charge in [0.05, 0.1) is 0 Å². The molecule has 0 aromatic carbocycles.